The van der Waals surface area contributed by atoms with Gasteiger partial charge in [0.2, 0.25) is 0 Å². The first-order valence-electron chi connectivity index (χ1n) is 8.68. The number of aliphatic imine (C=N–C) groups is 1. The van der Waals surface area contributed by atoms with Crippen molar-refractivity contribution >= 4 is 15.8 Å². The highest BCUT2D eigenvalue weighted by Crippen LogP contribution is 2.23. The summed E-state index contributed by atoms with van der Waals surface area (Å²) in [5, 5.41) is 6.39. The van der Waals surface area contributed by atoms with Gasteiger partial charge in [-0.05, 0) is 36.0 Å². The first-order valence-corrected chi connectivity index (χ1v) is 10.3. The first-order chi connectivity index (χ1) is 11.7. The topological polar surface area (TPSA) is 70.6 Å². The number of nitrogens with zero attached hydrogens (tertiary/aromatic N) is 1. The lowest BCUT2D eigenvalue weighted by Crippen LogP contribution is -2.43. The molecular formula is C19H29N3O2S. The Morgan fingerprint density at radius 1 is 1.16 bits per heavy atom. The molecule has 1 aliphatic rings. The van der Waals surface area contributed by atoms with Crippen LogP contribution in [0.3, 0.4) is 0 Å². The fourth-order valence-corrected chi connectivity index (χ4v) is 3.86. The van der Waals surface area contributed by atoms with Gasteiger partial charge in [0.25, 0.3) is 0 Å². The Kier molecular flexibility index (Phi) is 6.27. The van der Waals surface area contributed by atoms with Gasteiger partial charge in [-0.3, -0.25) is 4.99 Å². The molecular weight excluding hydrogens is 334 g/mol. The molecule has 0 aromatic heterocycles. The largest absolute Gasteiger partial charge is 0.355 e. The molecule has 0 bridgehead atoms. The summed E-state index contributed by atoms with van der Waals surface area (Å²) >= 11 is 0. The molecule has 6 heteroatoms. The molecule has 25 heavy (non-hydrogen) atoms. The minimum atomic E-state index is -3.31. The third kappa shape index (κ3) is 5.59. The number of sulfone groups is 1. The molecule has 1 aromatic rings. The molecule has 1 aliphatic carbocycles. The normalized spacial score (nSPS) is 16.2. The maximum absolute atomic E-state index is 12.5. The van der Waals surface area contributed by atoms with E-state index in [0.717, 1.165) is 18.4 Å². The fourth-order valence-electron chi connectivity index (χ4n) is 2.71. The molecule has 0 radical (unpaired) electrons. The fraction of sp³-hybridized carbons (Fsp3) is 0.526. The van der Waals surface area contributed by atoms with Gasteiger partial charge in [-0.2, -0.15) is 0 Å². The van der Waals surface area contributed by atoms with Crippen LogP contribution in [0, 0.1) is 0 Å². The van der Waals surface area contributed by atoms with Gasteiger partial charge in [-0.1, -0.05) is 45.1 Å². The molecule has 5 nitrogen and oxygen atoms in total. The third-order valence-corrected chi connectivity index (χ3v) is 6.05. The van der Waals surface area contributed by atoms with Crippen molar-refractivity contribution in [2.75, 3.05) is 19.3 Å². The Hall–Kier alpha value is -1.82. The van der Waals surface area contributed by atoms with Crippen molar-refractivity contribution in [3.63, 3.8) is 0 Å². The second kappa shape index (κ2) is 8.04. The average Bonchev–Trinajstić information content (AvgIpc) is 3.06. The van der Waals surface area contributed by atoms with E-state index >= 15 is 0 Å². The molecule has 0 aliphatic heterocycles. The van der Waals surface area contributed by atoms with Crippen LogP contribution in [0.4, 0.5) is 0 Å². The monoisotopic (exact) mass is 363 g/mol. The van der Waals surface area contributed by atoms with E-state index in [-0.39, 0.29) is 11.2 Å². The molecule has 0 atom stereocenters. The SMILES string of the molecule is CN=C(NCCS(=O)(=O)c1ccc(C(C)(C)C)cc1)NC1CC=CC1. The molecule has 2 rings (SSSR count). The Morgan fingerprint density at radius 2 is 1.76 bits per heavy atom. The maximum Gasteiger partial charge on any atom is 0.191 e. The van der Waals surface area contributed by atoms with Crippen LogP contribution in [0.15, 0.2) is 46.3 Å². The minimum absolute atomic E-state index is 0.0110. The summed E-state index contributed by atoms with van der Waals surface area (Å²) in [4.78, 5) is 4.52. The summed E-state index contributed by atoms with van der Waals surface area (Å²) < 4.78 is 25.0. The Balaban J connectivity index is 1.90. The van der Waals surface area contributed by atoms with Crippen LogP contribution in [-0.2, 0) is 15.3 Å². The molecule has 0 saturated heterocycles. The van der Waals surface area contributed by atoms with Crippen LogP contribution in [0.1, 0.15) is 39.2 Å². The van der Waals surface area contributed by atoms with Crippen molar-refractivity contribution in [1.29, 1.82) is 0 Å². The van der Waals surface area contributed by atoms with E-state index in [2.05, 4.69) is 48.5 Å². The number of hydrogen-bond donors (Lipinski definition) is 2. The van der Waals surface area contributed by atoms with Crippen LogP contribution in [0.2, 0.25) is 0 Å². The number of nitrogens with one attached hydrogen (secondary N) is 2. The van der Waals surface area contributed by atoms with E-state index in [1.807, 2.05) is 12.1 Å². The van der Waals surface area contributed by atoms with Crippen molar-refractivity contribution in [2.45, 2.75) is 50.0 Å². The third-order valence-electron chi connectivity index (χ3n) is 4.32. The van der Waals surface area contributed by atoms with E-state index in [0.29, 0.717) is 23.4 Å². The Labute approximate surface area is 151 Å². The quantitative estimate of drug-likeness (QED) is 0.479. The van der Waals surface area contributed by atoms with E-state index < -0.39 is 9.84 Å². The van der Waals surface area contributed by atoms with E-state index in [4.69, 9.17) is 0 Å². The summed E-state index contributed by atoms with van der Waals surface area (Å²) in [6.07, 6.45) is 6.21. The highest BCUT2D eigenvalue weighted by molar-refractivity contribution is 7.91. The molecule has 0 fully saturated rings. The number of hydrogen-bond acceptors (Lipinski definition) is 3. The maximum atomic E-state index is 12.5. The summed E-state index contributed by atoms with van der Waals surface area (Å²) in [6.45, 7) is 6.65. The predicted molar refractivity (Wildman–Crippen MR) is 104 cm³/mol. The van der Waals surface area contributed by atoms with Crippen LogP contribution in [0.25, 0.3) is 0 Å². The first kappa shape index (κ1) is 19.5. The van der Waals surface area contributed by atoms with E-state index in [9.17, 15) is 8.42 Å². The van der Waals surface area contributed by atoms with Crippen LogP contribution >= 0.6 is 0 Å². The zero-order valence-electron chi connectivity index (χ0n) is 15.5. The standard InChI is InChI=1S/C19H29N3O2S/c1-19(2,3)15-9-11-17(12-10-15)25(23,24)14-13-21-18(20-4)22-16-7-5-6-8-16/h5-6,9-12,16H,7-8,13-14H2,1-4H3,(H2,20,21,22). The average molecular weight is 364 g/mol. The van der Waals surface area contributed by atoms with Gasteiger partial charge in [-0.25, -0.2) is 8.42 Å². The molecule has 0 heterocycles. The minimum Gasteiger partial charge on any atom is -0.355 e. The number of rotatable bonds is 5. The van der Waals surface area contributed by atoms with Gasteiger partial charge in [0.15, 0.2) is 15.8 Å². The van der Waals surface area contributed by atoms with Crippen molar-refractivity contribution < 1.29 is 8.42 Å². The van der Waals surface area contributed by atoms with Gasteiger partial charge in [0.05, 0.1) is 10.6 Å². The molecule has 0 saturated carbocycles. The van der Waals surface area contributed by atoms with Crippen molar-refractivity contribution in [3.8, 4) is 0 Å². The Bertz CT molecular complexity index is 721. The molecule has 0 spiro atoms. The summed E-state index contributed by atoms with van der Waals surface area (Å²) in [5.74, 6) is 0.679. The zero-order valence-corrected chi connectivity index (χ0v) is 16.4. The lowest BCUT2D eigenvalue weighted by Gasteiger charge is -2.19. The van der Waals surface area contributed by atoms with E-state index in [1.54, 1.807) is 19.2 Å². The van der Waals surface area contributed by atoms with Crippen LogP contribution in [0.5, 0.6) is 0 Å². The highest BCUT2D eigenvalue weighted by Gasteiger charge is 2.18. The molecule has 0 unspecified atom stereocenters. The van der Waals surface area contributed by atoms with Crippen LogP contribution in [-0.4, -0.2) is 39.8 Å². The zero-order chi connectivity index (χ0) is 18.5. The van der Waals surface area contributed by atoms with Gasteiger partial charge >= 0.3 is 0 Å². The lowest BCUT2D eigenvalue weighted by atomic mass is 9.87. The van der Waals surface area contributed by atoms with Crippen molar-refractivity contribution in [2.24, 2.45) is 4.99 Å². The van der Waals surface area contributed by atoms with Crippen molar-refractivity contribution in [1.82, 2.24) is 10.6 Å². The van der Waals surface area contributed by atoms with Crippen molar-refractivity contribution in [3.05, 3.63) is 42.0 Å². The highest BCUT2D eigenvalue weighted by atomic mass is 32.2. The van der Waals surface area contributed by atoms with Gasteiger partial charge in [0, 0.05) is 19.6 Å². The smallest absolute Gasteiger partial charge is 0.191 e. The number of benzene rings is 1. The molecule has 138 valence electrons. The second-order valence-corrected chi connectivity index (χ2v) is 9.49. The van der Waals surface area contributed by atoms with Gasteiger partial charge in [0.1, 0.15) is 0 Å². The lowest BCUT2D eigenvalue weighted by molar-refractivity contribution is 0.585. The summed E-state index contributed by atoms with van der Waals surface area (Å²) in [6, 6.07) is 7.54. The van der Waals surface area contributed by atoms with Crippen LogP contribution < -0.4 is 10.6 Å². The van der Waals surface area contributed by atoms with E-state index in [1.165, 1.54) is 0 Å². The van der Waals surface area contributed by atoms with Gasteiger partial charge < -0.3 is 10.6 Å². The Morgan fingerprint density at radius 3 is 2.28 bits per heavy atom. The molecule has 1 aromatic carbocycles. The molecule has 2 N–H and O–H groups in total. The second-order valence-electron chi connectivity index (χ2n) is 7.38. The summed E-state index contributed by atoms with van der Waals surface area (Å²) in [5.41, 5.74) is 1.14. The summed E-state index contributed by atoms with van der Waals surface area (Å²) in [7, 11) is -1.62. The number of guanidine groups is 1. The predicted octanol–water partition coefficient (Wildman–Crippen LogP) is 2.64. The molecule has 0 amide bonds. The van der Waals surface area contributed by atoms with Gasteiger partial charge in [-0.15, -0.1) is 0 Å².